The number of carboxylic acid groups (broad SMARTS) is 1. The minimum atomic E-state index is -3.67. The molecule has 0 heterocycles. The van der Waals surface area contributed by atoms with E-state index >= 15 is 0 Å². The van der Waals surface area contributed by atoms with Gasteiger partial charge in [-0.2, -0.15) is 8.42 Å². The number of nitrogens with one attached hydrogen (secondary N) is 4. The average molecular weight is 612 g/mol. The number of benzene rings is 3. The van der Waals surface area contributed by atoms with E-state index in [1.165, 1.54) is 25.2 Å². The largest absolute Gasteiger partial charge is 0.478 e. The molecule has 0 fully saturated rings. The summed E-state index contributed by atoms with van der Waals surface area (Å²) in [7, 11) is -2.20. The van der Waals surface area contributed by atoms with Crippen LogP contribution >= 0.6 is 0 Å². The second-order valence-electron chi connectivity index (χ2n) is 9.60. The van der Waals surface area contributed by atoms with Gasteiger partial charge in [-0.15, -0.1) is 0 Å². The lowest BCUT2D eigenvalue weighted by atomic mass is 9.93. The molecule has 13 nitrogen and oxygen atoms in total. The number of hydrogen-bond donors (Lipinski definition) is 7. The highest BCUT2D eigenvalue weighted by molar-refractivity contribution is 7.85. The molecule has 8 N–H and O–H groups in total. The lowest BCUT2D eigenvalue weighted by Crippen LogP contribution is -2.48. The topological polar surface area (TPSA) is 229 Å². The first-order valence-corrected chi connectivity index (χ1v) is 14.6. The molecule has 3 rings (SSSR count). The standard InChI is InChI=1S/C28H29N5O5.CH4O3S/c1-15(2)23(27(36)31-3)33-25(34)17-10-13-20(22(14-17)28(37)38)19-6-4-5-7-21(19)26(35)32-18-11-8-16(9-12-18)24(29)30;1-5(2,3)4/h4-15,23H,1-3H3,(H3,29,30)(H,31,36)(H,32,35)(H,33,34)(H,37,38);1H3,(H,2,3,4). The highest BCUT2D eigenvalue weighted by atomic mass is 32.2. The summed E-state index contributed by atoms with van der Waals surface area (Å²) in [6.45, 7) is 3.57. The zero-order valence-electron chi connectivity index (χ0n) is 23.8. The molecule has 0 saturated carbocycles. The van der Waals surface area contributed by atoms with Crippen molar-refractivity contribution in [1.82, 2.24) is 10.6 Å². The van der Waals surface area contributed by atoms with Crippen LogP contribution in [0.1, 0.15) is 50.5 Å². The molecule has 0 aliphatic carbocycles. The van der Waals surface area contributed by atoms with Gasteiger partial charge < -0.3 is 26.8 Å². The van der Waals surface area contributed by atoms with Crippen molar-refractivity contribution >= 4 is 45.3 Å². The molecular weight excluding hydrogens is 578 g/mol. The van der Waals surface area contributed by atoms with Crippen molar-refractivity contribution in [3.8, 4) is 11.1 Å². The first-order chi connectivity index (χ1) is 20.0. The quantitative estimate of drug-likeness (QED) is 0.107. The van der Waals surface area contributed by atoms with E-state index < -0.39 is 33.9 Å². The number of carbonyl (C=O) groups is 4. The number of nitrogens with two attached hydrogens (primary N) is 1. The normalized spacial score (nSPS) is 11.4. The first-order valence-electron chi connectivity index (χ1n) is 12.7. The third-order valence-electron chi connectivity index (χ3n) is 5.91. The van der Waals surface area contributed by atoms with Crippen molar-refractivity contribution in [3.05, 3.63) is 89.0 Å². The Morgan fingerprint density at radius 2 is 1.40 bits per heavy atom. The van der Waals surface area contributed by atoms with Crippen LogP contribution in [-0.2, 0) is 14.9 Å². The molecular formula is C29H33N5O8S. The first kappa shape index (κ1) is 34.1. The Balaban J connectivity index is 0.00000119. The van der Waals surface area contributed by atoms with Crippen LogP contribution in [0.25, 0.3) is 11.1 Å². The summed E-state index contributed by atoms with van der Waals surface area (Å²) in [5, 5.41) is 25.3. The van der Waals surface area contributed by atoms with Gasteiger partial charge in [-0.1, -0.05) is 38.1 Å². The zero-order valence-corrected chi connectivity index (χ0v) is 24.7. The molecule has 3 amide bonds. The van der Waals surface area contributed by atoms with Gasteiger partial charge in [-0.25, -0.2) is 4.79 Å². The lowest BCUT2D eigenvalue weighted by molar-refractivity contribution is -0.123. The van der Waals surface area contributed by atoms with Gasteiger partial charge in [0.1, 0.15) is 11.9 Å². The van der Waals surface area contributed by atoms with Gasteiger partial charge in [0.15, 0.2) is 0 Å². The number of hydrogen-bond acceptors (Lipinski definition) is 7. The van der Waals surface area contributed by atoms with Gasteiger partial charge in [0, 0.05) is 29.4 Å². The van der Waals surface area contributed by atoms with Crippen LogP contribution in [0.3, 0.4) is 0 Å². The Kier molecular flexibility index (Phi) is 11.7. The highest BCUT2D eigenvalue weighted by Crippen LogP contribution is 2.29. The average Bonchev–Trinajstić information content (AvgIpc) is 2.94. The minimum Gasteiger partial charge on any atom is -0.478 e. The van der Waals surface area contributed by atoms with E-state index in [4.69, 9.17) is 15.7 Å². The predicted molar refractivity (Wildman–Crippen MR) is 162 cm³/mol. The Morgan fingerprint density at radius 1 is 0.860 bits per heavy atom. The lowest BCUT2D eigenvalue weighted by Gasteiger charge is -2.21. The molecule has 1 unspecified atom stereocenters. The van der Waals surface area contributed by atoms with E-state index in [2.05, 4.69) is 16.0 Å². The molecule has 3 aromatic rings. The molecule has 228 valence electrons. The molecule has 43 heavy (non-hydrogen) atoms. The molecule has 0 aliphatic rings. The summed E-state index contributed by atoms with van der Waals surface area (Å²) in [4.78, 5) is 50.3. The monoisotopic (exact) mass is 611 g/mol. The number of amides is 3. The summed E-state index contributed by atoms with van der Waals surface area (Å²) in [6, 6.07) is 16.3. The summed E-state index contributed by atoms with van der Waals surface area (Å²) in [6.07, 6.45) is 0.715. The zero-order chi connectivity index (χ0) is 32.5. The second kappa shape index (κ2) is 14.7. The molecule has 0 radical (unpaired) electrons. The Labute approximate surface area is 248 Å². The fourth-order valence-corrected chi connectivity index (χ4v) is 3.86. The number of aromatic carboxylic acids is 1. The maximum Gasteiger partial charge on any atom is 0.336 e. The summed E-state index contributed by atoms with van der Waals surface area (Å²) in [5.41, 5.74) is 7.17. The number of anilines is 1. The summed E-state index contributed by atoms with van der Waals surface area (Å²) in [5.74, 6) is -3.00. The van der Waals surface area contributed by atoms with E-state index in [-0.39, 0.29) is 39.9 Å². The number of carbonyl (C=O) groups excluding carboxylic acids is 3. The number of carboxylic acids is 1. The third kappa shape index (κ3) is 10.1. The molecule has 0 saturated heterocycles. The van der Waals surface area contributed by atoms with Crippen LogP contribution in [-0.4, -0.2) is 66.9 Å². The maximum absolute atomic E-state index is 13.1. The van der Waals surface area contributed by atoms with Gasteiger partial charge in [-0.05, 0) is 59.5 Å². The maximum atomic E-state index is 13.1. The van der Waals surface area contributed by atoms with E-state index in [9.17, 15) is 32.7 Å². The molecule has 0 spiro atoms. The summed E-state index contributed by atoms with van der Waals surface area (Å²) < 4.78 is 25.9. The molecule has 3 aromatic carbocycles. The van der Waals surface area contributed by atoms with Crippen molar-refractivity contribution in [3.63, 3.8) is 0 Å². The number of nitrogen functional groups attached to an aromatic ring is 1. The SMILES string of the molecule is CNC(=O)C(NC(=O)c1ccc(-c2ccccc2C(=O)Nc2ccc(C(=N)N)cc2)c(C(=O)O)c1)C(C)C.CS(=O)(=O)O. The second-order valence-corrected chi connectivity index (χ2v) is 11.1. The number of likely N-dealkylation sites (N-methyl/N-ethyl adjacent to an activating group) is 1. The smallest absolute Gasteiger partial charge is 0.336 e. The van der Waals surface area contributed by atoms with Gasteiger partial charge >= 0.3 is 5.97 Å². The van der Waals surface area contributed by atoms with E-state index in [1.54, 1.807) is 62.4 Å². The molecule has 14 heteroatoms. The van der Waals surface area contributed by atoms with Crippen LogP contribution in [0, 0.1) is 11.3 Å². The highest BCUT2D eigenvalue weighted by Gasteiger charge is 2.25. The Bertz CT molecular complexity index is 1630. The fraction of sp³-hybridized carbons (Fsp3) is 0.207. The van der Waals surface area contributed by atoms with Crippen molar-refractivity contribution in [2.45, 2.75) is 19.9 Å². The van der Waals surface area contributed by atoms with E-state index in [1.807, 2.05) is 0 Å². The minimum absolute atomic E-state index is 0.0631. The number of amidine groups is 1. The van der Waals surface area contributed by atoms with Crippen LogP contribution < -0.4 is 21.7 Å². The van der Waals surface area contributed by atoms with Crippen LogP contribution in [0.4, 0.5) is 5.69 Å². The van der Waals surface area contributed by atoms with Gasteiger partial charge in [0.25, 0.3) is 21.9 Å². The molecule has 0 aliphatic heterocycles. The van der Waals surface area contributed by atoms with Crippen molar-refractivity contribution < 1.29 is 37.3 Å². The Morgan fingerprint density at radius 3 is 1.91 bits per heavy atom. The Hall–Kier alpha value is -5.08. The molecule has 0 bridgehead atoms. The fourth-order valence-electron chi connectivity index (χ4n) is 3.86. The third-order valence-corrected chi connectivity index (χ3v) is 5.91. The van der Waals surface area contributed by atoms with Gasteiger partial charge in [0.2, 0.25) is 5.91 Å². The summed E-state index contributed by atoms with van der Waals surface area (Å²) >= 11 is 0. The van der Waals surface area contributed by atoms with Gasteiger partial charge in [-0.3, -0.25) is 24.3 Å². The van der Waals surface area contributed by atoms with Crippen LogP contribution in [0.5, 0.6) is 0 Å². The van der Waals surface area contributed by atoms with E-state index in [0.29, 0.717) is 23.1 Å². The van der Waals surface area contributed by atoms with E-state index in [0.717, 1.165) is 0 Å². The predicted octanol–water partition coefficient (Wildman–Crippen LogP) is 2.59. The number of rotatable bonds is 9. The van der Waals surface area contributed by atoms with Crippen molar-refractivity contribution in [2.24, 2.45) is 11.7 Å². The van der Waals surface area contributed by atoms with Crippen molar-refractivity contribution in [2.75, 3.05) is 18.6 Å². The van der Waals surface area contributed by atoms with Crippen LogP contribution in [0.2, 0.25) is 0 Å². The van der Waals surface area contributed by atoms with Crippen LogP contribution in [0.15, 0.2) is 66.7 Å². The molecule has 1 atom stereocenters. The molecule has 0 aromatic heterocycles. The van der Waals surface area contributed by atoms with Gasteiger partial charge in [0.05, 0.1) is 11.8 Å². The van der Waals surface area contributed by atoms with Crippen molar-refractivity contribution in [1.29, 1.82) is 5.41 Å².